The number of aliphatic hydroxyl groups is 1. The van der Waals surface area contributed by atoms with E-state index in [9.17, 15) is 5.11 Å². The Hall–Kier alpha value is -0.300. The van der Waals surface area contributed by atoms with Gasteiger partial charge in [-0.2, -0.15) is 0 Å². The first kappa shape index (κ1) is 7.80. The van der Waals surface area contributed by atoms with Crippen LogP contribution in [-0.2, 0) is 0 Å². The molecule has 1 aliphatic rings. The van der Waals surface area contributed by atoms with Crippen molar-refractivity contribution in [2.45, 2.75) is 32.8 Å². The van der Waals surface area contributed by atoms with Gasteiger partial charge in [0.1, 0.15) is 0 Å². The van der Waals surface area contributed by atoms with Gasteiger partial charge < -0.3 is 5.11 Å². The van der Waals surface area contributed by atoms with Gasteiger partial charge in [-0.25, -0.2) is 0 Å². The van der Waals surface area contributed by atoms with Gasteiger partial charge in [0, 0.05) is 5.92 Å². The lowest BCUT2D eigenvalue weighted by Crippen LogP contribution is -2.19. The monoisotopic (exact) mass is 140 g/mol. The molecule has 0 aromatic rings. The molecule has 0 bridgehead atoms. The first-order valence-corrected chi connectivity index (χ1v) is 3.96. The summed E-state index contributed by atoms with van der Waals surface area (Å²) in [5.41, 5.74) is 1.14. The number of rotatable bonds is 1. The summed E-state index contributed by atoms with van der Waals surface area (Å²) in [6, 6.07) is 0. The van der Waals surface area contributed by atoms with Gasteiger partial charge in [-0.3, -0.25) is 0 Å². The molecule has 0 radical (unpaired) electrons. The van der Waals surface area contributed by atoms with Gasteiger partial charge in [0.25, 0.3) is 0 Å². The zero-order valence-electron chi connectivity index (χ0n) is 6.80. The van der Waals surface area contributed by atoms with Gasteiger partial charge in [-0.05, 0) is 25.7 Å². The number of hydrogen-bond acceptors (Lipinski definition) is 1. The highest BCUT2D eigenvalue weighted by Crippen LogP contribution is 2.34. The fourth-order valence-corrected chi connectivity index (χ4v) is 1.72. The highest BCUT2D eigenvalue weighted by molar-refractivity contribution is 5.03. The molecule has 0 spiro atoms. The van der Waals surface area contributed by atoms with E-state index in [4.69, 9.17) is 0 Å². The van der Waals surface area contributed by atoms with E-state index >= 15 is 0 Å². The van der Waals surface area contributed by atoms with Crippen LogP contribution in [0.2, 0.25) is 0 Å². The number of hydrogen-bond donors (Lipinski definition) is 1. The summed E-state index contributed by atoms with van der Waals surface area (Å²) < 4.78 is 0. The third-order valence-electron chi connectivity index (χ3n) is 2.56. The number of aliphatic hydroxyl groups excluding tert-OH is 1. The lowest BCUT2D eigenvalue weighted by molar-refractivity contribution is 0.111. The maximum atomic E-state index is 9.57. The molecule has 0 saturated heterocycles. The summed E-state index contributed by atoms with van der Waals surface area (Å²) in [5, 5.41) is 9.57. The molecule has 1 aliphatic carbocycles. The smallest absolute Gasteiger partial charge is 0.0630 e. The third-order valence-corrected chi connectivity index (χ3v) is 2.56. The van der Waals surface area contributed by atoms with E-state index in [0.717, 1.165) is 18.4 Å². The Morgan fingerprint density at radius 3 is 2.30 bits per heavy atom. The fraction of sp³-hybridized carbons (Fsp3) is 0.778. The summed E-state index contributed by atoms with van der Waals surface area (Å²) in [6.45, 7) is 7.97. The molecule has 1 heteroatoms. The Labute approximate surface area is 62.8 Å². The largest absolute Gasteiger partial charge is 0.392 e. The van der Waals surface area contributed by atoms with E-state index in [2.05, 4.69) is 13.5 Å². The minimum Gasteiger partial charge on any atom is -0.392 e. The Kier molecular flexibility index (Phi) is 2.14. The molecule has 1 fully saturated rings. The molecule has 1 rings (SSSR count). The van der Waals surface area contributed by atoms with E-state index < -0.39 is 0 Å². The summed E-state index contributed by atoms with van der Waals surface area (Å²) in [4.78, 5) is 0. The van der Waals surface area contributed by atoms with Gasteiger partial charge in [0.2, 0.25) is 0 Å². The minimum atomic E-state index is -0.127. The molecule has 10 heavy (non-hydrogen) atoms. The van der Waals surface area contributed by atoms with Crippen LogP contribution in [0.4, 0.5) is 0 Å². The van der Waals surface area contributed by atoms with Gasteiger partial charge in [0.05, 0.1) is 6.10 Å². The Morgan fingerprint density at radius 1 is 1.50 bits per heavy atom. The minimum absolute atomic E-state index is 0.127. The maximum Gasteiger partial charge on any atom is 0.0630 e. The molecule has 0 aromatic carbocycles. The molecule has 1 saturated carbocycles. The van der Waals surface area contributed by atoms with E-state index in [0.29, 0.717) is 11.8 Å². The SMILES string of the molecule is C=C(C)C1CCC(C)C1O. The molecule has 3 atom stereocenters. The van der Waals surface area contributed by atoms with Crippen molar-refractivity contribution in [2.75, 3.05) is 0 Å². The second-order valence-corrected chi connectivity index (χ2v) is 3.50. The first-order chi connectivity index (χ1) is 4.63. The first-order valence-electron chi connectivity index (χ1n) is 3.96. The van der Waals surface area contributed by atoms with E-state index in [-0.39, 0.29) is 6.10 Å². The van der Waals surface area contributed by atoms with Crippen molar-refractivity contribution >= 4 is 0 Å². The van der Waals surface area contributed by atoms with Crippen molar-refractivity contribution < 1.29 is 5.11 Å². The third kappa shape index (κ3) is 1.24. The lowest BCUT2D eigenvalue weighted by atomic mass is 9.96. The molecular formula is C9H16O. The zero-order valence-corrected chi connectivity index (χ0v) is 6.80. The standard InChI is InChI=1S/C9H16O/c1-6(2)8-5-4-7(3)9(8)10/h7-10H,1,4-5H2,2-3H3. The molecule has 3 unspecified atom stereocenters. The van der Waals surface area contributed by atoms with Crippen molar-refractivity contribution in [1.82, 2.24) is 0 Å². The van der Waals surface area contributed by atoms with Crippen molar-refractivity contribution in [1.29, 1.82) is 0 Å². The van der Waals surface area contributed by atoms with Gasteiger partial charge in [-0.15, -0.1) is 0 Å². The van der Waals surface area contributed by atoms with Crippen molar-refractivity contribution in [3.05, 3.63) is 12.2 Å². The predicted octanol–water partition coefficient (Wildman–Crippen LogP) is 1.97. The summed E-state index contributed by atoms with van der Waals surface area (Å²) in [7, 11) is 0. The average molecular weight is 140 g/mol. The molecule has 1 nitrogen and oxygen atoms in total. The van der Waals surface area contributed by atoms with Gasteiger partial charge in [0.15, 0.2) is 0 Å². The zero-order chi connectivity index (χ0) is 7.72. The lowest BCUT2D eigenvalue weighted by Gasteiger charge is -2.16. The summed E-state index contributed by atoms with van der Waals surface area (Å²) >= 11 is 0. The van der Waals surface area contributed by atoms with Crippen molar-refractivity contribution in [3.63, 3.8) is 0 Å². The molecule has 58 valence electrons. The molecule has 0 aromatic heterocycles. The van der Waals surface area contributed by atoms with Crippen LogP contribution in [0, 0.1) is 11.8 Å². The molecule has 0 aliphatic heterocycles. The molecule has 1 N–H and O–H groups in total. The molecule has 0 amide bonds. The fourth-order valence-electron chi connectivity index (χ4n) is 1.72. The Morgan fingerprint density at radius 2 is 2.10 bits per heavy atom. The second-order valence-electron chi connectivity index (χ2n) is 3.50. The van der Waals surface area contributed by atoms with Crippen LogP contribution in [0.15, 0.2) is 12.2 Å². The Bertz CT molecular complexity index is 140. The highest BCUT2D eigenvalue weighted by Gasteiger charge is 2.31. The van der Waals surface area contributed by atoms with Crippen LogP contribution in [0.5, 0.6) is 0 Å². The maximum absolute atomic E-state index is 9.57. The quantitative estimate of drug-likeness (QED) is 0.552. The summed E-state index contributed by atoms with van der Waals surface area (Å²) in [6.07, 6.45) is 2.15. The second kappa shape index (κ2) is 2.75. The van der Waals surface area contributed by atoms with Crippen LogP contribution in [0.25, 0.3) is 0 Å². The van der Waals surface area contributed by atoms with Crippen molar-refractivity contribution in [3.8, 4) is 0 Å². The van der Waals surface area contributed by atoms with Gasteiger partial charge >= 0.3 is 0 Å². The molecule has 0 heterocycles. The van der Waals surface area contributed by atoms with Crippen LogP contribution in [0.1, 0.15) is 26.7 Å². The topological polar surface area (TPSA) is 20.2 Å². The van der Waals surface area contributed by atoms with Crippen LogP contribution in [0.3, 0.4) is 0 Å². The van der Waals surface area contributed by atoms with Crippen LogP contribution in [-0.4, -0.2) is 11.2 Å². The summed E-state index contributed by atoms with van der Waals surface area (Å²) in [5.74, 6) is 0.844. The van der Waals surface area contributed by atoms with Crippen molar-refractivity contribution in [2.24, 2.45) is 11.8 Å². The highest BCUT2D eigenvalue weighted by atomic mass is 16.3. The van der Waals surface area contributed by atoms with E-state index in [1.807, 2.05) is 6.92 Å². The molecular weight excluding hydrogens is 124 g/mol. The average Bonchev–Trinajstić information content (AvgIpc) is 2.14. The van der Waals surface area contributed by atoms with E-state index in [1.165, 1.54) is 0 Å². The Balaban J connectivity index is 2.57. The normalized spacial score (nSPS) is 40.1. The van der Waals surface area contributed by atoms with E-state index in [1.54, 1.807) is 0 Å². The van der Waals surface area contributed by atoms with Crippen LogP contribution < -0.4 is 0 Å². The van der Waals surface area contributed by atoms with Gasteiger partial charge in [-0.1, -0.05) is 19.1 Å². The predicted molar refractivity (Wildman–Crippen MR) is 42.7 cm³/mol. The van der Waals surface area contributed by atoms with Crippen LogP contribution >= 0.6 is 0 Å².